The maximum atomic E-state index is 12.5. The van der Waals surface area contributed by atoms with Crippen molar-refractivity contribution < 1.29 is 9.53 Å². The summed E-state index contributed by atoms with van der Waals surface area (Å²) in [7, 11) is 1.63. The van der Waals surface area contributed by atoms with Gasteiger partial charge in [0.25, 0.3) is 5.91 Å². The highest BCUT2D eigenvalue weighted by Crippen LogP contribution is 2.20. The highest BCUT2D eigenvalue weighted by atomic mass is 35.5. The van der Waals surface area contributed by atoms with Gasteiger partial charge >= 0.3 is 0 Å². The first-order chi connectivity index (χ1) is 10.3. The third-order valence-electron chi connectivity index (χ3n) is 4.46. The molecule has 0 bridgehead atoms. The molecule has 0 aliphatic carbocycles. The minimum atomic E-state index is 0. The summed E-state index contributed by atoms with van der Waals surface area (Å²) in [6, 6.07) is 7.90. The third kappa shape index (κ3) is 3.72. The summed E-state index contributed by atoms with van der Waals surface area (Å²) in [4.78, 5) is 17.0. The van der Waals surface area contributed by atoms with Crippen molar-refractivity contribution in [2.75, 3.05) is 46.4 Å². The summed E-state index contributed by atoms with van der Waals surface area (Å²) in [5.41, 5.74) is 0.747. The first-order valence-corrected chi connectivity index (χ1v) is 7.66. The molecule has 2 saturated heterocycles. The lowest BCUT2D eigenvalue weighted by Crippen LogP contribution is -2.49. The lowest BCUT2D eigenvalue weighted by atomic mass is 10.2. The molecule has 0 saturated carbocycles. The SMILES string of the molecule is COc1ccc(C(=O)N2CCC(N3CCNCC3)C2)cc1.Cl. The van der Waals surface area contributed by atoms with E-state index in [0.717, 1.165) is 57.0 Å². The molecule has 0 spiro atoms. The molecule has 122 valence electrons. The second-order valence-corrected chi connectivity index (χ2v) is 5.71. The number of nitrogens with one attached hydrogen (secondary N) is 1. The molecule has 2 aliphatic heterocycles. The van der Waals surface area contributed by atoms with Crippen molar-refractivity contribution in [3.8, 4) is 5.75 Å². The second-order valence-electron chi connectivity index (χ2n) is 5.71. The van der Waals surface area contributed by atoms with E-state index in [1.165, 1.54) is 0 Å². The molecule has 1 N–H and O–H groups in total. The first-order valence-electron chi connectivity index (χ1n) is 7.66. The quantitative estimate of drug-likeness (QED) is 0.908. The maximum Gasteiger partial charge on any atom is 0.253 e. The van der Waals surface area contributed by atoms with Crippen molar-refractivity contribution in [2.45, 2.75) is 12.5 Å². The molecular formula is C16H24ClN3O2. The average Bonchev–Trinajstić information content (AvgIpc) is 3.05. The van der Waals surface area contributed by atoms with Crippen LogP contribution < -0.4 is 10.1 Å². The maximum absolute atomic E-state index is 12.5. The number of hydrogen-bond donors (Lipinski definition) is 1. The normalized spacial score (nSPS) is 22.2. The number of carbonyl (C=O) groups is 1. The van der Waals surface area contributed by atoms with Crippen LogP contribution in [0, 0.1) is 0 Å². The van der Waals surface area contributed by atoms with Crippen molar-refractivity contribution >= 4 is 18.3 Å². The molecule has 6 heteroatoms. The Hall–Kier alpha value is -1.30. The minimum absolute atomic E-state index is 0. The standard InChI is InChI=1S/C16H23N3O2.ClH/c1-21-15-4-2-13(3-5-15)16(20)19-9-6-14(12-19)18-10-7-17-8-11-18;/h2-5,14,17H,6-12H2,1H3;1H. The Morgan fingerprint density at radius 1 is 1.18 bits per heavy atom. The number of likely N-dealkylation sites (tertiary alicyclic amines) is 1. The third-order valence-corrected chi connectivity index (χ3v) is 4.46. The molecule has 0 radical (unpaired) electrons. The largest absolute Gasteiger partial charge is 0.497 e. The van der Waals surface area contributed by atoms with Crippen molar-refractivity contribution in [3.05, 3.63) is 29.8 Å². The number of halogens is 1. The van der Waals surface area contributed by atoms with E-state index in [0.29, 0.717) is 6.04 Å². The molecule has 1 atom stereocenters. The van der Waals surface area contributed by atoms with Gasteiger partial charge in [0.2, 0.25) is 0 Å². The molecule has 2 fully saturated rings. The molecule has 5 nitrogen and oxygen atoms in total. The Morgan fingerprint density at radius 3 is 2.50 bits per heavy atom. The molecule has 1 aromatic carbocycles. The van der Waals surface area contributed by atoms with E-state index < -0.39 is 0 Å². The van der Waals surface area contributed by atoms with Gasteiger partial charge < -0.3 is 15.0 Å². The molecule has 2 aliphatic rings. The number of hydrogen-bond acceptors (Lipinski definition) is 4. The fourth-order valence-corrected chi connectivity index (χ4v) is 3.19. The Kier molecular flexibility index (Phi) is 6.06. The van der Waals surface area contributed by atoms with Gasteiger partial charge in [-0.1, -0.05) is 0 Å². The van der Waals surface area contributed by atoms with E-state index in [2.05, 4.69) is 10.2 Å². The fourth-order valence-electron chi connectivity index (χ4n) is 3.19. The van der Waals surface area contributed by atoms with Gasteiger partial charge in [0.15, 0.2) is 0 Å². The van der Waals surface area contributed by atoms with E-state index >= 15 is 0 Å². The van der Waals surface area contributed by atoms with Gasteiger partial charge in [0, 0.05) is 50.9 Å². The van der Waals surface area contributed by atoms with E-state index in [9.17, 15) is 4.79 Å². The van der Waals surface area contributed by atoms with Crippen LogP contribution in [0.25, 0.3) is 0 Å². The van der Waals surface area contributed by atoms with E-state index in [1.807, 2.05) is 29.2 Å². The summed E-state index contributed by atoms with van der Waals surface area (Å²) in [6.07, 6.45) is 1.09. The van der Waals surface area contributed by atoms with Crippen LogP contribution in [0.4, 0.5) is 0 Å². The van der Waals surface area contributed by atoms with Crippen LogP contribution in [0.5, 0.6) is 5.75 Å². The summed E-state index contributed by atoms with van der Waals surface area (Å²) in [6.45, 7) is 6.01. The number of carbonyl (C=O) groups excluding carboxylic acids is 1. The average molecular weight is 326 g/mol. The van der Waals surface area contributed by atoms with Crippen LogP contribution in [-0.4, -0.2) is 68.1 Å². The number of benzene rings is 1. The Balaban J connectivity index is 0.00000176. The number of piperazine rings is 1. The molecular weight excluding hydrogens is 302 g/mol. The lowest BCUT2D eigenvalue weighted by molar-refractivity contribution is 0.0773. The minimum Gasteiger partial charge on any atom is -0.497 e. The van der Waals surface area contributed by atoms with Crippen molar-refractivity contribution in [3.63, 3.8) is 0 Å². The summed E-state index contributed by atoms with van der Waals surface area (Å²) in [5.74, 6) is 0.918. The van der Waals surface area contributed by atoms with Crippen LogP contribution in [0.3, 0.4) is 0 Å². The summed E-state index contributed by atoms with van der Waals surface area (Å²) < 4.78 is 5.13. The zero-order valence-corrected chi connectivity index (χ0v) is 13.8. The Morgan fingerprint density at radius 2 is 1.86 bits per heavy atom. The van der Waals surface area contributed by atoms with Crippen LogP contribution >= 0.6 is 12.4 Å². The smallest absolute Gasteiger partial charge is 0.253 e. The molecule has 1 unspecified atom stereocenters. The highest BCUT2D eigenvalue weighted by molar-refractivity contribution is 5.94. The number of nitrogens with zero attached hydrogens (tertiary/aromatic N) is 2. The van der Waals surface area contributed by atoms with Gasteiger partial charge in [-0.05, 0) is 30.7 Å². The fraction of sp³-hybridized carbons (Fsp3) is 0.562. The van der Waals surface area contributed by atoms with Crippen molar-refractivity contribution in [1.82, 2.24) is 15.1 Å². The Bertz CT molecular complexity index is 489. The van der Waals surface area contributed by atoms with E-state index in [-0.39, 0.29) is 18.3 Å². The van der Waals surface area contributed by atoms with Gasteiger partial charge in [0.05, 0.1) is 7.11 Å². The predicted molar refractivity (Wildman–Crippen MR) is 89.0 cm³/mol. The molecule has 0 aromatic heterocycles. The number of amides is 1. The molecule has 3 rings (SSSR count). The molecule has 22 heavy (non-hydrogen) atoms. The zero-order chi connectivity index (χ0) is 14.7. The Labute approximate surface area is 138 Å². The van der Waals surface area contributed by atoms with Crippen LogP contribution in [-0.2, 0) is 0 Å². The molecule has 2 heterocycles. The number of rotatable bonds is 3. The zero-order valence-electron chi connectivity index (χ0n) is 13.0. The first kappa shape index (κ1) is 17.1. The van der Waals surface area contributed by atoms with Gasteiger partial charge in [-0.25, -0.2) is 0 Å². The van der Waals surface area contributed by atoms with Crippen molar-refractivity contribution in [1.29, 1.82) is 0 Å². The van der Waals surface area contributed by atoms with Gasteiger partial charge in [0.1, 0.15) is 5.75 Å². The highest BCUT2D eigenvalue weighted by Gasteiger charge is 2.31. The molecule has 1 amide bonds. The molecule has 1 aromatic rings. The predicted octanol–water partition coefficient (Wildman–Crippen LogP) is 1.24. The summed E-state index contributed by atoms with van der Waals surface area (Å²) >= 11 is 0. The van der Waals surface area contributed by atoms with Crippen LogP contribution in [0.15, 0.2) is 24.3 Å². The van der Waals surface area contributed by atoms with Gasteiger partial charge in [-0.2, -0.15) is 0 Å². The van der Waals surface area contributed by atoms with Gasteiger partial charge in [-0.3, -0.25) is 9.69 Å². The number of methoxy groups -OCH3 is 1. The van der Waals surface area contributed by atoms with Crippen molar-refractivity contribution in [2.24, 2.45) is 0 Å². The van der Waals surface area contributed by atoms with E-state index in [1.54, 1.807) is 7.11 Å². The topological polar surface area (TPSA) is 44.8 Å². The number of ether oxygens (including phenoxy) is 1. The van der Waals surface area contributed by atoms with Crippen LogP contribution in [0.2, 0.25) is 0 Å². The van der Waals surface area contributed by atoms with E-state index in [4.69, 9.17) is 4.74 Å². The summed E-state index contributed by atoms with van der Waals surface area (Å²) in [5, 5.41) is 3.37. The monoisotopic (exact) mass is 325 g/mol. The van der Waals surface area contributed by atoms with Gasteiger partial charge in [-0.15, -0.1) is 12.4 Å². The second kappa shape index (κ2) is 7.81. The lowest BCUT2D eigenvalue weighted by Gasteiger charge is -2.32. The van der Waals surface area contributed by atoms with Crippen LogP contribution in [0.1, 0.15) is 16.8 Å².